The van der Waals surface area contributed by atoms with Crippen molar-refractivity contribution in [3.8, 4) is 0 Å². The molecule has 1 rings (SSSR count). The van der Waals surface area contributed by atoms with Gasteiger partial charge >= 0.3 is 6.03 Å². The van der Waals surface area contributed by atoms with Crippen LogP contribution in [0, 0.1) is 17.0 Å². The minimum absolute atomic E-state index is 0.0405. The van der Waals surface area contributed by atoms with Crippen LogP contribution in [-0.4, -0.2) is 11.0 Å². The Morgan fingerprint density at radius 2 is 2.27 bits per heavy atom. The first-order valence-electron chi connectivity index (χ1n) is 4.28. The van der Waals surface area contributed by atoms with Crippen LogP contribution in [0.5, 0.6) is 0 Å². The summed E-state index contributed by atoms with van der Waals surface area (Å²) in [5, 5.41) is 13.0. The van der Waals surface area contributed by atoms with Crippen LogP contribution < -0.4 is 11.1 Å². The molecule has 0 heterocycles. The molecule has 1 aromatic carbocycles. The number of nitrogens with two attached hydrogens (primary N) is 1. The van der Waals surface area contributed by atoms with Crippen molar-refractivity contribution in [1.29, 1.82) is 0 Å². The average molecular weight is 209 g/mol. The Hall–Kier alpha value is -2.11. The van der Waals surface area contributed by atoms with E-state index in [1.165, 1.54) is 6.07 Å². The fourth-order valence-corrected chi connectivity index (χ4v) is 1.15. The number of nitrogens with zero attached hydrogens (tertiary/aromatic N) is 1. The molecule has 6 nitrogen and oxygen atoms in total. The number of rotatable bonds is 3. The molecule has 0 saturated carbocycles. The SMILES string of the molecule is Cc1ccc(CNC(N)=O)cc1[N+](=O)[O-]. The zero-order valence-corrected chi connectivity index (χ0v) is 8.19. The normalized spacial score (nSPS) is 9.67. The maximum atomic E-state index is 10.6. The van der Waals surface area contributed by atoms with E-state index in [2.05, 4.69) is 5.32 Å². The molecule has 0 radical (unpaired) electrons. The van der Waals surface area contributed by atoms with E-state index in [-0.39, 0.29) is 12.2 Å². The largest absolute Gasteiger partial charge is 0.352 e. The summed E-state index contributed by atoms with van der Waals surface area (Å²) in [5.74, 6) is 0. The predicted octanol–water partition coefficient (Wildman–Crippen LogP) is 1.07. The van der Waals surface area contributed by atoms with E-state index in [1.54, 1.807) is 19.1 Å². The molecule has 1 aromatic rings. The second-order valence-corrected chi connectivity index (χ2v) is 3.10. The summed E-state index contributed by atoms with van der Waals surface area (Å²) >= 11 is 0. The van der Waals surface area contributed by atoms with Gasteiger partial charge in [0.15, 0.2) is 0 Å². The summed E-state index contributed by atoms with van der Waals surface area (Å²) in [7, 11) is 0. The predicted molar refractivity (Wildman–Crippen MR) is 54.3 cm³/mol. The number of carbonyl (C=O) groups is 1. The first-order chi connectivity index (χ1) is 7.00. The van der Waals surface area contributed by atoms with Gasteiger partial charge in [0, 0.05) is 18.2 Å². The van der Waals surface area contributed by atoms with Crippen molar-refractivity contribution in [2.45, 2.75) is 13.5 Å². The van der Waals surface area contributed by atoms with Crippen molar-refractivity contribution in [1.82, 2.24) is 5.32 Å². The molecule has 0 bridgehead atoms. The summed E-state index contributed by atoms with van der Waals surface area (Å²) in [5.41, 5.74) is 6.16. The first-order valence-corrected chi connectivity index (χ1v) is 4.28. The van der Waals surface area contributed by atoms with Crippen molar-refractivity contribution >= 4 is 11.7 Å². The van der Waals surface area contributed by atoms with Crippen LogP contribution in [-0.2, 0) is 6.54 Å². The topological polar surface area (TPSA) is 98.3 Å². The molecule has 0 saturated heterocycles. The van der Waals surface area contributed by atoms with Crippen LogP contribution in [0.3, 0.4) is 0 Å². The zero-order valence-electron chi connectivity index (χ0n) is 8.19. The van der Waals surface area contributed by atoms with E-state index in [0.717, 1.165) is 0 Å². The Bertz CT molecular complexity index is 404. The quantitative estimate of drug-likeness (QED) is 0.575. The highest BCUT2D eigenvalue weighted by Crippen LogP contribution is 2.18. The van der Waals surface area contributed by atoms with E-state index < -0.39 is 11.0 Å². The molecule has 0 aromatic heterocycles. The summed E-state index contributed by atoms with van der Waals surface area (Å²) in [6.45, 7) is 1.85. The third kappa shape index (κ3) is 2.94. The number of hydrogen-bond donors (Lipinski definition) is 2. The lowest BCUT2D eigenvalue weighted by Crippen LogP contribution is -2.28. The highest BCUT2D eigenvalue weighted by molar-refractivity contribution is 5.71. The monoisotopic (exact) mass is 209 g/mol. The van der Waals surface area contributed by atoms with Gasteiger partial charge in [-0.3, -0.25) is 10.1 Å². The van der Waals surface area contributed by atoms with Gasteiger partial charge in [-0.2, -0.15) is 0 Å². The van der Waals surface area contributed by atoms with Crippen LogP contribution >= 0.6 is 0 Å². The summed E-state index contributed by atoms with van der Waals surface area (Å²) in [6, 6.07) is 4.11. The van der Waals surface area contributed by atoms with Crippen LogP contribution in [0.15, 0.2) is 18.2 Å². The number of hydrogen-bond acceptors (Lipinski definition) is 3. The molecule has 2 amide bonds. The third-order valence-electron chi connectivity index (χ3n) is 1.94. The molecule has 80 valence electrons. The van der Waals surface area contributed by atoms with Gasteiger partial charge in [0.25, 0.3) is 5.69 Å². The van der Waals surface area contributed by atoms with E-state index in [0.29, 0.717) is 11.1 Å². The van der Waals surface area contributed by atoms with Crippen LogP contribution in [0.4, 0.5) is 10.5 Å². The van der Waals surface area contributed by atoms with E-state index in [4.69, 9.17) is 5.73 Å². The van der Waals surface area contributed by atoms with Crippen molar-refractivity contribution < 1.29 is 9.72 Å². The lowest BCUT2D eigenvalue weighted by molar-refractivity contribution is -0.385. The number of carbonyl (C=O) groups excluding carboxylic acids is 1. The van der Waals surface area contributed by atoms with Crippen LogP contribution in [0.1, 0.15) is 11.1 Å². The van der Waals surface area contributed by atoms with Crippen molar-refractivity contribution in [2.24, 2.45) is 5.73 Å². The van der Waals surface area contributed by atoms with Crippen LogP contribution in [0.25, 0.3) is 0 Å². The third-order valence-corrected chi connectivity index (χ3v) is 1.94. The summed E-state index contributed by atoms with van der Waals surface area (Å²) < 4.78 is 0. The van der Waals surface area contributed by atoms with Gasteiger partial charge in [0.2, 0.25) is 0 Å². The fraction of sp³-hybridized carbons (Fsp3) is 0.222. The smallest absolute Gasteiger partial charge is 0.312 e. The van der Waals surface area contributed by atoms with Gasteiger partial charge in [-0.15, -0.1) is 0 Å². The molecular formula is C9H11N3O3. The lowest BCUT2D eigenvalue weighted by Gasteiger charge is -2.03. The molecule has 0 aliphatic carbocycles. The number of amides is 2. The number of benzene rings is 1. The van der Waals surface area contributed by atoms with E-state index in [9.17, 15) is 14.9 Å². The number of nitro benzene ring substituents is 1. The molecule has 0 fully saturated rings. The Balaban J connectivity index is 2.87. The Labute approximate surface area is 86.2 Å². The Morgan fingerprint density at radius 1 is 1.60 bits per heavy atom. The van der Waals surface area contributed by atoms with Crippen molar-refractivity contribution in [2.75, 3.05) is 0 Å². The van der Waals surface area contributed by atoms with E-state index >= 15 is 0 Å². The fourth-order valence-electron chi connectivity index (χ4n) is 1.15. The highest BCUT2D eigenvalue weighted by atomic mass is 16.6. The lowest BCUT2D eigenvalue weighted by atomic mass is 10.1. The Morgan fingerprint density at radius 3 is 2.80 bits per heavy atom. The minimum Gasteiger partial charge on any atom is -0.352 e. The number of nitro groups is 1. The average Bonchev–Trinajstić information content (AvgIpc) is 2.16. The maximum Gasteiger partial charge on any atom is 0.312 e. The van der Waals surface area contributed by atoms with Gasteiger partial charge in [0.1, 0.15) is 0 Å². The molecule has 0 atom stereocenters. The molecule has 15 heavy (non-hydrogen) atoms. The van der Waals surface area contributed by atoms with Crippen molar-refractivity contribution in [3.05, 3.63) is 39.4 Å². The van der Waals surface area contributed by atoms with Crippen LogP contribution in [0.2, 0.25) is 0 Å². The van der Waals surface area contributed by atoms with E-state index in [1.807, 2.05) is 0 Å². The molecule has 0 aliphatic heterocycles. The second kappa shape index (κ2) is 4.41. The number of urea groups is 1. The molecule has 0 unspecified atom stereocenters. The Kier molecular flexibility index (Phi) is 3.22. The van der Waals surface area contributed by atoms with Gasteiger partial charge in [-0.1, -0.05) is 12.1 Å². The summed E-state index contributed by atoms with van der Waals surface area (Å²) in [6.07, 6.45) is 0. The highest BCUT2D eigenvalue weighted by Gasteiger charge is 2.10. The molecule has 0 spiro atoms. The number of primary amides is 1. The van der Waals surface area contributed by atoms with Crippen molar-refractivity contribution in [3.63, 3.8) is 0 Å². The minimum atomic E-state index is -0.654. The molecule has 6 heteroatoms. The molecule has 3 N–H and O–H groups in total. The number of nitrogens with one attached hydrogen (secondary N) is 1. The van der Waals surface area contributed by atoms with Gasteiger partial charge in [0.05, 0.1) is 4.92 Å². The molecular weight excluding hydrogens is 198 g/mol. The molecule has 0 aliphatic rings. The first kappa shape index (κ1) is 11.0. The summed E-state index contributed by atoms with van der Waals surface area (Å²) in [4.78, 5) is 20.6. The zero-order chi connectivity index (χ0) is 11.4. The number of aryl methyl sites for hydroxylation is 1. The maximum absolute atomic E-state index is 10.6. The standard InChI is InChI=1S/C9H11N3O3/c1-6-2-3-7(5-11-9(10)13)4-8(6)12(14)15/h2-4H,5H2,1H3,(H3,10,11,13). The second-order valence-electron chi connectivity index (χ2n) is 3.10. The van der Waals surface area contributed by atoms with Gasteiger partial charge in [-0.05, 0) is 12.5 Å². The van der Waals surface area contributed by atoms with Gasteiger partial charge in [-0.25, -0.2) is 4.79 Å². The van der Waals surface area contributed by atoms with Gasteiger partial charge < -0.3 is 11.1 Å².